The number of carbonyl (C=O) groups excluding carboxylic acids is 1. The molecule has 0 fully saturated rings. The van der Waals surface area contributed by atoms with Crippen molar-refractivity contribution in [1.82, 2.24) is 9.13 Å². The van der Waals surface area contributed by atoms with Crippen LogP contribution in [0, 0.1) is 0 Å². The van der Waals surface area contributed by atoms with Gasteiger partial charge in [0.05, 0.1) is 28.5 Å². The highest BCUT2D eigenvalue weighted by atomic mass is 35.5. The van der Waals surface area contributed by atoms with E-state index < -0.39 is 12.0 Å². The van der Waals surface area contributed by atoms with Crippen molar-refractivity contribution in [3.8, 4) is 0 Å². The summed E-state index contributed by atoms with van der Waals surface area (Å²) in [5.41, 5.74) is 5.16. The maximum Gasteiger partial charge on any atom is 0.338 e. The summed E-state index contributed by atoms with van der Waals surface area (Å²) in [6.07, 6.45) is 6.00. The van der Waals surface area contributed by atoms with E-state index in [2.05, 4.69) is 22.9 Å². The summed E-state index contributed by atoms with van der Waals surface area (Å²) < 4.78 is 9.92. The Kier molecular flexibility index (Phi) is 8.73. The first kappa shape index (κ1) is 31.0. The van der Waals surface area contributed by atoms with Gasteiger partial charge < -0.3 is 9.30 Å². The second-order valence-corrected chi connectivity index (χ2v) is 13.3. The van der Waals surface area contributed by atoms with E-state index in [1.54, 1.807) is 23.3 Å². The molecule has 0 bridgehead atoms. The minimum Gasteiger partial charge on any atom is -0.463 e. The summed E-state index contributed by atoms with van der Waals surface area (Å²) in [6, 6.07) is 32.8. The van der Waals surface area contributed by atoms with E-state index >= 15 is 0 Å². The Morgan fingerprint density at radius 2 is 1.70 bits per heavy atom. The summed E-state index contributed by atoms with van der Waals surface area (Å²) in [7, 11) is 0. The fourth-order valence-corrected chi connectivity index (χ4v) is 7.61. The number of esters is 1. The maximum absolute atomic E-state index is 14.5. The standard InChI is InChI=1S/C38H30ClN3O3S2/c1-3-45-37(44)33-34(24-11-5-4-6-12-24)40-38-42(35(33)25-17-19-28(46-2)20-18-25)36(43)32(47-38)21-27-23-41(31-16-10-8-14-29(27)31)22-26-13-7-9-15-30(26)39/h4-21,23,35H,3,22H2,1-2H3/b32-21-/t35-/m1/s1. The third-order valence-corrected chi connectivity index (χ3v) is 10.3. The van der Waals surface area contributed by atoms with Gasteiger partial charge >= 0.3 is 5.97 Å². The average molecular weight is 676 g/mol. The number of ether oxygens (including phenoxy) is 1. The van der Waals surface area contributed by atoms with Crippen LogP contribution in [0.2, 0.25) is 5.02 Å². The number of thioether (sulfide) groups is 1. The van der Waals surface area contributed by atoms with Crippen LogP contribution in [0.15, 0.2) is 130 Å². The maximum atomic E-state index is 14.5. The molecule has 1 atom stereocenters. The Morgan fingerprint density at radius 1 is 0.979 bits per heavy atom. The molecule has 4 aromatic carbocycles. The molecule has 0 saturated carbocycles. The van der Waals surface area contributed by atoms with E-state index in [0.29, 0.717) is 32.2 Å². The molecule has 6 nitrogen and oxygen atoms in total. The van der Waals surface area contributed by atoms with Gasteiger partial charge in [0.1, 0.15) is 0 Å². The van der Waals surface area contributed by atoms with Crippen molar-refractivity contribution in [3.63, 3.8) is 0 Å². The van der Waals surface area contributed by atoms with Gasteiger partial charge in [-0.1, -0.05) is 102 Å². The Morgan fingerprint density at radius 3 is 2.45 bits per heavy atom. The number of fused-ring (bicyclic) bond motifs is 2. The Hall–Kier alpha value is -4.63. The molecule has 0 N–H and O–H groups in total. The molecule has 1 aliphatic rings. The van der Waals surface area contributed by atoms with Crippen molar-refractivity contribution in [2.75, 3.05) is 12.9 Å². The van der Waals surface area contributed by atoms with Gasteiger partial charge in [-0.25, -0.2) is 9.79 Å². The Labute approximate surface area is 284 Å². The van der Waals surface area contributed by atoms with Gasteiger partial charge in [0.25, 0.3) is 5.56 Å². The van der Waals surface area contributed by atoms with Gasteiger partial charge in [-0.3, -0.25) is 9.36 Å². The normalized spacial score (nSPS) is 14.7. The quantitative estimate of drug-likeness (QED) is 0.125. The molecular formula is C38H30ClN3O3S2. The molecule has 6 aromatic rings. The van der Waals surface area contributed by atoms with Crippen LogP contribution in [-0.2, 0) is 16.1 Å². The molecule has 3 heterocycles. The van der Waals surface area contributed by atoms with Gasteiger partial charge in [0.15, 0.2) is 4.80 Å². The van der Waals surface area contributed by atoms with Crippen LogP contribution in [-0.4, -0.2) is 28.0 Å². The predicted molar refractivity (Wildman–Crippen MR) is 192 cm³/mol. The fourth-order valence-electron chi connectivity index (χ4n) is 6.01. The van der Waals surface area contributed by atoms with Crippen LogP contribution in [0.4, 0.5) is 0 Å². The Bertz CT molecular complexity index is 2340. The summed E-state index contributed by atoms with van der Waals surface area (Å²) in [5.74, 6) is -0.494. The summed E-state index contributed by atoms with van der Waals surface area (Å²) in [4.78, 5) is 34.8. The molecule has 2 aromatic heterocycles. The van der Waals surface area contributed by atoms with Crippen molar-refractivity contribution >= 4 is 63.3 Å². The topological polar surface area (TPSA) is 65.6 Å². The number of hydrogen-bond donors (Lipinski definition) is 0. The van der Waals surface area contributed by atoms with Gasteiger partial charge in [-0.2, -0.15) is 0 Å². The number of thiazole rings is 1. The monoisotopic (exact) mass is 675 g/mol. The molecule has 234 valence electrons. The number of carbonyl (C=O) groups is 1. The lowest BCUT2D eigenvalue weighted by Gasteiger charge is -2.26. The first-order valence-corrected chi connectivity index (χ1v) is 17.6. The molecule has 0 radical (unpaired) electrons. The van der Waals surface area contributed by atoms with Crippen LogP contribution in [0.5, 0.6) is 0 Å². The van der Waals surface area contributed by atoms with E-state index in [1.165, 1.54) is 11.3 Å². The zero-order valence-corrected chi connectivity index (χ0v) is 28.1. The molecule has 1 aliphatic heterocycles. The lowest BCUT2D eigenvalue weighted by Crippen LogP contribution is -2.40. The number of hydrogen-bond acceptors (Lipinski definition) is 6. The first-order valence-electron chi connectivity index (χ1n) is 15.2. The molecule has 7 rings (SSSR count). The smallest absolute Gasteiger partial charge is 0.338 e. The minimum absolute atomic E-state index is 0.200. The minimum atomic E-state index is -0.722. The molecule has 47 heavy (non-hydrogen) atoms. The van der Waals surface area contributed by atoms with E-state index in [1.807, 2.05) is 103 Å². The first-order chi connectivity index (χ1) is 23.0. The van der Waals surface area contributed by atoms with Crippen LogP contribution >= 0.6 is 34.7 Å². The van der Waals surface area contributed by atoms with Crippen molar-refractivity contribution in [2.24, 2.45) is 4.99 Å². The molecular weight excluding hydrogens is 646 g/mol. The number of rotatable bonds is 8. The van der Waals surface area contributed by atoms with Gasteiger partial charge in [-0.15, -0.1) is 11.8 Å². The third-order valence-electron chi connectivity index (χ3n) is 8.21. The van der Waals surface area contributed by atoms with Gasteiger partial charge in [0, 0.05) is 44.7 Å². The van der Waals surface area contributed by atoms with Gasteiger partial charge in [0.2, 0.25) is 0 Å². The van der Waals surface area contributed by atoms with E-state index in [0.717, 1.165) is 38.1 Å². The summed E-state index contributed by atoms with van der Waals surface area (Å²) in [6.45, 7) is 2.57. The molecule has 0 aliphatic carbocycles. The number of halogens is 1. The van der Waals surface area contributed by atoms with Crippen molar-refractivity contribution in [1.29, 1.82) is 0 Å². The average Bonchev–Trinajstić information content (AvgIpc) is 3.61. The third kappa shape index (κ3) is 5.89. The molecule has 0 unspecified atom stereocenters. The molecule has 0 amide bonds. The molecule has 9 heteroatoms. The van der Waals surface area contributed by atoms with Crippen molar-refractivity contribution < 1.29 is 9.53 Å². The molecule has 0 spiro atoms. The highest BCUT2D eigenvalue weighted by Crippen LogP contribution is 2.36. The second kappa shape index (κ2) is 13.2. The fraction of sp³-hybridized carbons (Fsp3) is 0.132. The number of aromatic nitrogens is 2. The van der Waals surface area contributed by atoms with Crippen molar-refractivity contribution in [2.45, 2.75) is 24.4 Å². The van der Waals surface area contributed by atoms with Crippen LogP contribution < -0.4 is 14.9 Å². The number of nitrogens with zero attached hydrogens (tertiary/aromatic N) is 3. The van der Waals surface area contributed by atoms with Crippen LogP contribution in [0.3, 0.4) is 0 Å². The lowest BCUT2D eigenvalue weighted by molar-refractivity contribution is -0.138. The van der Waals surface area contributed by atoms with Crippen LogP contribution in [0.25, 0.3) is 22.7 Å². The number of benzene rings is 4. The van der Waals surface area contributed by atoms with E-state index in [4.69, 9.17) is 21.3 Å². The van der Waals surface area contributed by atoms with Gasteiger partial charge in [-0.05, 0) is 54.6 Å². The van der Waals surface area contributed by atoms with Crippen molar-refractivity contribution in [3.05, 3.63) is 162 Å². The summed E-state index contributed by atoms with van der Waals surface area (Å²) >= 11 is 9.47. The van der Waals surface area contributed by atoms with E-state index in [9.17, 15) is 9.59 Å². The summed E-state index contributed by atoms with van der Waals surface area (Å²) in [5, 5.41) is 1.73. The zero-order chi connectivity index (χ0) is 32.5. The second-order valence-electron chi connectivity index (χ2n) is 11.0. The Balaban J connectivity index is 1.45. The predicted octanol–water partition coefficient (Wildman–Crippen LogP) is 7.31. The largest absolute Gasteiger partial charge is 0.463 e. The zero-order valence-electron chi connectivity index (χ0n) is 25.7. The van der Waals surface area contributed by atoms with Crippen LogP contribution in [0.1, 0.15) is 35.2 Å². The highest BCUT2D eigenvalue weighted by molar-refractivity contribution is 7.98. The molecule has 0 saturated heterocycles. The SMILES string of the molecule is CCOC(=O)C1=C(c2ccccc2)N=c2s/c(=C\c3cn(Cc4ccccc4Cl)c4ccccc34)c(=O)n2[C@@H]1c1ccc(SC)cc1. The lowest BCUT2D eigenvalue weighted by atomic mass is 9.93. The highest BCUT2D eigenvalue weighted by Gasteiger charge is 2.35. The number of para-hydroxylation sites is 1. The van der Waals surface area contributed by atoms with E-state index in [-0.39, 0.29) is 12.2 Å².